The summed E-state index contributed by atoms with van der Waals surface area (Å²) in [6.45, 7) is 3.18. The molecule has 2 aromatic carbocycles. The molecule has 1 heterocycles. The van der Waals surface area contributed by atoms with Gasteiger partial charge in [0.05, 0.1) is 19.8 Å². The highest BCUT2D eigenvalue weighted by molar-refractivity contribution is 6.30. The molecule has 0 saturated carbocycles. The predicted molar refractivity (Wildman–Crippen MR) is 107 cm³/mol. The highest BCUT2D eigenvalue weighted by Gasteiger charge is 2.13. The molecular formula is C21H23ClN2O3. The lowest BCUT2D eigenvalue weighted by atomic mass is 10.1. The van der Waals surface area contributed by atoms with Crippen molar-refractivity contribution in [3.05, 3.63) is 64.7 Å². The molecule has 2 aromatic rings. The molecule has 0 aromatic heterocycles. The third-order valence-electron chi connectivity index (χ3n) is 4.57. The number of halogens is 1. The zero-order chi connectivity index (χ0) is 19.1. The number of carbonyl (C=O) groups is 2. The standard InChI is InChI=1S/C21H23ClN2O3/c22-18-6-1-16(2-7-18)3-10-21(26)23-15-20(25)17-4-8-19(9-5-17)24-11-13-27-14-12-24/h1-2,4-9H,3,10-15H2,(H,23,26). The normalized spacial score (nSPS) is 14.0. The third kappa shape index (κ3) is 5.81. The smallest absolute Gasteiger partial charge is 0.220 e. The predicted octanol–water partition coefficient (Wildman–Crippen LogP) is 3.11. The number of nitrogens with one attached hydrogen (secondary N) is 1. The van der Waals surface area contributed by atoms with Crippen LogP contribution >= 0.6 is 11.6 Å². The molecule has 0 atom stereocenters. The van der Waals surface area contributed by atoms with Crippen molar-refractivity contribution in [3.8, 4) is 0 Å². The van der Waals surface area contributed by atoms with E-state index in [2.05, 4.69) is 10.2 Å². The number of nitrogens with zero attached hydrogens (tertiary/aromatic N) is 1. The second-order valence-corrected chi connectivity index (χ2v) is 6.91. The van der Waals surface area contributed by atoms with Crippen LogP contribution in [0.15, 0.2) is 48.5 Å². The minimum Gasteiger partial charge on any atom is -0.378 e. The minimum absolute atomic E-state index is 0.0103. The Balaban J connectivity index is 1.44. The largest absolute Gasteiger partial charge is 0.378 e. The summed E-state index contributed by atoms with van der Waals surface area (Å²) in [4.78, 5) is 26.5. The van der Waals surface area contributed by atoms with Crippen LogP contribution in [0.3, 0.4) is 0 Å². The van der Waals surface area contributed by atoms with Gasteiger partial charge >= 0.3 is 0 Å². The summed E-state index contributed by atoms with van der Waals surface area (Å²) >= 11 is 5.85. The maximum absolute atomic E-state index is 12.3. The van der Waals surface area contributed by atoms with E-state index in [1.165, 1.54) is 0 Å². The fourth-order valence-electron chi connectivity index (χ4n) is 2.96. The fraction of sp³-hybridized carbons (Fsp3) is 0.333. The number of amides is 1. The van der Waals surface area contributed by atoms with Crippen molar-refractivity contribution in [2.24, 2.45) is 0 Å². The summed E-state index contributed by atoms with van der Waals surface area (Å²) in [6, 6.07) is 14.9. The van der Waals surface area contributed by atoms with E-state index in [1.807, 2.05) is 36.4 Å². The number of carbonyl (C=O) groups excluding carboxylic acids is 2. The molecule has 1 fully saturated rings. The molecular weight excluding hydrogens is 364 g/mol. The molecule has 1 aliphatic rings. The van der Waals surface area contributed by atoms with Crippen molar-refractivity contribution in [2.45, 2.75) is 12.8 Å². The van der Waals surface area contributed by atoms with Gasteiger partial charge in [0, 0.05) is 35.8 Å². The molecule has 0 radical (unpaired) electrons. The van der Waals surface area contributed by atoms with Crippen LogP contribution in [0.4, 0.5) is 5.69 Å². The van der Waals surface area contributed by atoms with E-state index >= 15 is 0 Å². The number of hydrogen-bond donors (Lipinski definition) is 1. The molecule has 5 nitrogen and oxygen atoms in total. The lowest BCUT2D eigenvalue weighted by molar-refractivity contribution is -0.120. The van der Waals surface area contributed by atoms with Crippen LogP contribution in [0.1, 0.15) is 22.3 Å². The Hall–Kier alpha value is -2.37. The first-order chi connectivity index (χ1) is 13.1. The SMILES string of the molecule is O=C(CCc1ccc(Cl)cc1)NCC(=O)c1ccc(N2CCOCC2)cc1. The Bertz CT molecular complexity index is 769. The van der Waals surface area contributed by atoms with Gasteiger partial charge in [-0.1, -0.05) is 23.7 Å². The molecule has 3 rings (SSSR count). The molecule has 1 aliphatic heterocycles. The average Bonchev–Trinajstić information content (AvgIpc) is 2.72. The zero-order valence-electron chi connectivity index (χ0n) is 15.1. The summed E-state index contributed by atoms with van der Waals surface area (Å²) in [5, 5.41) is 3.37. The van der Waals surface area contributed by atoms with Crippen molar-refractivity contribution < 1.29 is 14.3 Å². The van der Waals surface area contributed by atoms with Crippen LogP contribution in [-0.2, 0) is 16.0 Å². The van der Waals surface area contributed by atoms with Crippen molar-refractivity contribution in [3.63, 3.8) is 0 Å². The number of ether oxygens (including phenoxy) is 1. The van der Waals surface area contributed by atoms with Gasteiger partial charge in [0.1, 0.15) is 0 Å². The Kier molecular flexibility index (Phi) is 6.85. The first-order valence-electron chi connectivity index (χ1n) is 9.09. The van der Waals surface area contributed by atoms with Crippen molar-refractivity contribution in [1.82, 2.24) is 5.32 Å². The highest BCUT2D eigenvalue weighted by atomic mass is 35.5. The molecule has 6 heteroatoms. The lowest BCUT2D eigenvalue weighted by Crippen LogP contribution is -2.36. The fourth-order valence-corrected chi connectivity index (χ4v) is 3.08. The Morgan fingerprint density at radius 1 is 1.00 bits per heavy atom. The van der Waals surface area contributed by atoms with Crippen LogP contribution in [-0.4, -0.2) is 44.5 Å². The molecule has 0 aliphatic carbocycles. The van der Waals surface area contributed by atoms with Crippen LogP contribution in [0.5, 0.6) is 0 Å². The van der Waals surface area contributed by atoms with Gasteiger partial charge in [-0.15, -0.1) is 0 Å². The van der Waals surface area contributed by atoms with E-state index in [0.29, 0.717) is 23.4 Å². The van der Waals surface area contributed by atoms with Gasteiger partial charge in [-0.05, 0) is 48.4 Å². The van der Waals surface area contributed by atoms with E-state index in [9.17, 15) is 9.59 Å². The molecule has 1 saturated heterocycles. The topological polar surface area (TPSA) is 58.6 Å². The van der Waals surface area contributed by atoms with Gasteiger partial charge in [-0.25, -0.2) is 0 Å². The molecule has 142 valence electrons. The monoisotopic (exact) mass is 386 g/mol. The van der Waals surface area contributed by atoms with E-state index in [1.54, 1.807) is 12.1 Å². The van der Waals surface area contributed by atoms with Gasteiger partial charge in [0.15, 0.2) is 5.78 Å². The van der Waals surface area contributed by atoms with E-state index in [-0.39, 0.29) is 18.2 Å². The number of hydrogen-bond acceptors (Lipinski definition) is 4. The Labute approximate surface area is 164 Å². The summed E-state index contributed by atoms with van der Waals surface area (Å²) in [5.74, 6) is -0.230. The summed E-state index contributed by atoms with van der Waals surface area (Å²) in [5.41, 5.74) is 2.73. The van der Waals surface area contributed by atoms with Crippen LogP contribution in [0, 0.1) is 0 Å². The minimum atomic E-state index is -0.136. The van der Waals surface area contributed by atoms with Crippen molar-refractivity contribution in [1.29, 1.82) is 0 Å². The van der Waals surface area contributed by atoms with Gasteiger partial charge in [0.25, 0.3) is 0 Å². The number of benzene rings is 2. The number of anilines is 1. The Morgan fingerprint density at radius 2 is 1.67 bits per heavy atom. The van der Waals surface area contributed by atoms with Gasteiger partial charge < -0.3 is 15.0 Å². The number of rotatable bonds is 7. The van der Waals surface area contributed by atoms with Gasteiger partial charge in [-0.3, -0.25) is 9.59 Å². The van der Waals surface area contributed by atoms with Crippen LogP contribution in [0.25, 0.3) is 0 Å². The number of morpholine rings is 1. The molecule has 0 bridgehead atoms. The number of Topliss-reactive ketones (excluding diaryl/α,β-unsaturated/α-hetero) is 1. The number of ketones is 1. The first-order valence-corrected chi connectivity index (χ1v) is 9.47. The molecule has 0 unspecified atom stereocenters. The maximum atomic E-state index is 12.3. The summed E-state index contributed by atoms with van der Waals surface area (Å²) < 4.78 is 5.35. The second kappa shape index (κ2) is 9.53. The highest BCUT2D eigenvalue weighted by Crippen LogP contribution is 2.17. The van der Waals surface area contributed by atoms with Crippen LogP contribution in [0.2, 0.25) is 5.02 Å². The summed E-state index contributed by atoms with van der Waals surface area (Å²) in [7, 11) is 0. The van der Waals surface area contributed by atoms with Crippen molar-refractivity contribution >= 4 is 29.0 Å². The van der Waals surface area contributed by atoms with Crippen molar-refractivity contribution in [2.75, 3.05) is 37.7 Å². The average molecular weight is 387 g/mol. The van der Waals surface area contributed by atoms with Gasteiger partial charge in [-0.2, -0.15) is 0 Å². The number of aryl methyl sites for hydroxylation is 1. The first kappa shape index (κ1) is 19.4. The summed E-state index contributed by atoms with van der Waals surface area (Å²) in [6.07, 6.45) is 0.955. The maximum Gasteiger partial charge on any atom is 0.220 e. The van der Waals surface area contributed by atoms with E-state index in [0.717, 1.165) is 37.6 Å². The van der Waals surface area contributed by atoms with E-state index in [4.69, 9.17) is 16.3 Å². The Morgan fingerprint density at radius 3 is 2.33 bits per heavy atom. The zero-order valence-corrected chi connectivity index (χ0v) is 15.9. The second-order valence-electron chi connectivity index (χ2n) is 6.47. The molecule has 1 N–H and O–H groups in total. The van der Waals surface area contributed by atoms with E-state index < -0.39 is 0 Å². The molecule has 27 heavy (non-hydrogen) atoms. The quantitative estimate of drug-likeness (QED) is 0.743. The molecule has 0 spiro atoms. The third-order valence-corrected chi connectivity index (χ3v) is 4.82. The molecule has 1 amide bonds. The lowest BCUT2D eigenvalue weighted by Gasteiger charge is -2.28. The van der Waals surface area contributed by atoms with Gasteiger partial charge in [0.2, 0.25) is 5.91 Å². The van der Waals surface area contributed by atoms with Crippen LogP contribution < -0.4 is 10.2 Å².